The van der Waals surface area contributed by atoms with Crippen LogP contribution in [0.15, 0.2) is 34.7 Å². The number of nitro groups is 1. The van der Waals surface area contributed by atoms with Crippen LogP contribution in [-0.4, -0.2) is 26.4 Å². The van der Waals surface area contributed by atoms with Crippen LogP contribution >= 0.6 is 0 Å². The van der Waals surface area contributed by atoms with Gasteiger partial charge in [0.2, 0.25) is 0 Å². The van der Waals surface area contributed by atoms with Crippen LogP contribution in [0.25, 0.3) is 23.0 Å². The number of anilines is 1. The van der Waals surface area contributed by atoms with Crippen LogP contribution in [0.4, 0.5) is 11.5 Å². The molecular formula is C20H16N6O4. The molecule has 10 heteroatoms. The van der Waals surface area contributed by atoms with Crippen LogP contribution < -0.4 is 5.73 Å². The van der Waals surface area contributed by atoms with Gasteiger partial charge in [-0.3, -0.25) is 10.1 Å². The lowest BCUT2D eigenvalue weighted by Gasteiger charge is -2.00. The molecule has 0 aliphatic heterocycles. The standard InChI is InChI=1S/C20H16N6O4/c1-12-8-13(2-4-17(12)26(28)29)18-5-3-15(30-18)9-14(10-21)19-16(11-22)20(23)25(24-19)6-7-27/h2-5,8-9,27H,6-7,23H2,1H3/b14-9+. The third kappa shape index (κ3) is 3.76. The molecule has 3 N–H and O–H groups in total. The second-order valence-corrected chi connectivity index (χ2v) is 6.30. The molecule has 0 saturated heterocycles. The van der Waals surface area contributed by atoms with E-state index in [1.807, 2.05) is 12.1 Å². The monoisotopic (exact) mass is 404 g/mol. The number of furan rings is 1. The number of aliphatic hydroxyl groups is 1. The van der Waals surface area contributed by atoms with Crippen molar-refractivity contribution in [2.45, 2.75) is 13.5 Å². The summed E-state index contributed by atoms with van der Waals surface area (Å²) < 4.78 is 7.01. The molecule has 3 rings (SSSR count). The number of nitrogens with zero attached hydrogens (tertiary/aromatic N) is 5. The highest BCUT2D eigenvalue weighted by molar-refractivity contribution is 5.90. The summed E-state index contributed by atoms with van der Waals surface area (Å²) in [6.45, 7) is 1.50. The largest absolute Gasteiger partial charge is 0.457 e. The van der Waals surface area contributed by atoms with Gasteiger partial charge in [0.1, 0.15) is 40.7 Å². The Morgan fingerprint density at radius 2 is 2.17 bits per heavy atom. The molecule has 3 aromatic rings. The summed E-state index contributed by atoms with van der Waals surface area (Å²) in [5, 5.41) is 43.2. The predicted octanol–water partition coefficient (Wildman–Crippen LogP) is 2.87. The van der Waals surface area contributed by atoms with Crippen molar-refractivity contribution < 1.29 is 14.4 Å². The van der Waals surface area contributed by atoms with E-state index in [2.05, 4.69) is 5.10 Å². The summed E-state index contributed by atoms with van der Waals surface area (Å²) in [6, 6.07) is 11.8. The minimum absolute atomic E-state index is 0.0114. The fraction of sp³-hybridized carbons (Fsp3) is 0.150. The average Bonchev–Trinajstić information content (AvgIpc) is 3.31. The van der Waals surface area contributed by atoms with Gasteiger partial charge in [0.05, 0.1) is 23.6 Å². The number of hydrogen-bond donors (Lipinski definition) is 2. The first-order chi connectivity index (χ1) is 14.4. The van der Waals surface area contributed by atoms with Crippen LogP contribution in [-0.2, 0) is 6.54 Å². The molecule has 150 valence electrons. The molecule has 0 unspecified atom stereocenters. The van der Waals surface area contributed by atoms with E-state index >= 15 is 0 Å². The number of rotatable bonds is 6. The number of aryl methyl sites for hydroxylation is 1. The van der Waals surface area contributed by atoms with Gasteiger partial charge in [-0.15, -0.1) is 0 Å². The maximum atomic E-state index is 11.0. The average molecular weight is 404 g/mol. The lowest BCUT2D eigenvalue weighted by atomic mass is 10.1. The summed E-state index contributed by atoms with van der Waals surface area (Å²) >= 11 is 0. The number of nitriles is 2. The lowest BCUT2D eigenvalue weighted by molar-refractivity contribution is -0.385. The van der Waals surface area contributed by atoms with Gasteiger partial charge in [-0.25, -0.2) is 4.68 Å². The van der Waals surface area contributed by atoms with Crippen molar-refractivity contribution >= 4 is 23.2 Å². The molecule has 1 aromatic carbocycles. The van der Waals surface area contributed by atoms with Gasteiger partial charge >= 0.3 is 0 Å². The first-order valence-corrected chi connectivity index (χ1v) is 8.74. The number of nitrogen functional groups attached to an aromatic ring is 1. The zero-order valence-corrected chi connectivity index (χ0v) is 15.9. The molecule has 2 aromatic heterocycles. The van der Waals surface area contributed by atoms with E-state index in [1.54, 1.807) is 31.2 Å². The van der Waals surface area contributed by atoms with Crippen LogP contribution in [0.3, 0.4) is 0 Å². The Morgan fingerprint density at radius 3 is 2.77 bits per heavy atom. The topological polar surface area (TPSA) is 168 Å². The Kier molecular flexibility index (Phi) is 5.63. The molecule has 10 nitrogen and oxygen atoms in total. The van der Waals surface area contributed by atoms with Crippen LogP contribution in [0.2, 0.25) is 0 Å². The van der Waals surface area contributed by atoms with E-state index in [4.69, 9.17) is 15.3 Å². The number of hydrogen-bond acceptors (Lipinski definition) is 8. The molecule has 0 atom stereocenters. The minimum atomic E-state index is -0.455. The Bertz CT molecular complexity index is 1240. The van der Waals surface area contributed by atoms with Crippen molar-refractivity contribution in [3.63, 3.8) is 0 Å². The van der Waals surface area contributed by atoms with Crippen molar-refractivity contribution in [2.75, 3.05) is 12.3 Å². The second-order valence-electron chi connectivity index (χ2n) is 6.30. The van der Waals surface area contributed by atoms with Crippen LogP contribution in [0.5, 0.6) is 0 Å². The number of benzene rings is 1. The quantitative estimate of drug-likeness (QED) is 0.359. The fourth-order valence-corrected chi connectivity index (χ4v) is 2.93. The number of nitro benzene ring substituents is 1. The highest BCUT2D eigenvalue weighted by Crippen LogP contribution is 2.30. The van der Waals surface area contributed by atoms with E-state index in [9.17, 15) is 20.6 Å². The second kappa shape index (κ2) is 8.31. The van der Waals surface area contributed by atoms with Gasteiger partial charge in [-0.05, 0) is 31.2 Å². The third-order valence-corrected chi connectivity index (χ3v) is 4.38. The van der Waals surface area contributed by atoms with E-state index in [0.29, 0.717) is 22.6 Å². The van der Waals surface area contributed by atoms with Crippen molar-refractivity contribution in [2.24, 2.45) is 0 Å². The van der Waals surface area contributed by atoms with Gasteiger partial charge in [0.15, 0.2) is 0 Å². The number of nitrogens with two attached hydrogens (primary N) is 1. The van der Waals surface area contributed by atoms with Crippen LogP contribution in [0.1, 0.15) is 22.6 Å². The van der Waals surface area contributed by atoms with E-state index < -0.39 is 4.92 Å². The van der Waals surface area contributed by atoms with E-state index in [0.717, 1.165) is 0 Å². The van der Waals surface area contributed by atoms with Gasteiger partial charge in [0.25, 0.3) is 5.69 Å². The summed E-state index contributed by atoms with van der Waals surface area (Å²) in [7, 11) is 0. The van der Waals surface area contributed by atoms with E-state index in [-0.39, 0.29) is 41.5 Å². The first kappa shape index (κ1) is 20.3. The number of aromatic nitrogens is 2. The third-order valence-electron chi connectivity index (χ3n) is 4.38. The smallest absolute Gasteiger partial charge is 0.272 e. The molecule has 0 saturated carbocycles. The summed E-state index contributed by atoms with van der Waals surface area (Å²) in [4.78, 5) is 10.5. The van der Waals surface area contributed by atoms with Crippen molar-refractivity contribution in [1.82, 2.24) is 9.78 Å². The van der Waals surface area contributed by atoms with Crippen molar-refractivity contribution in [1.29, 1.82) is 10.5 Å². The highest BCUT2D eigenvalue weighted by Gasteiger charge is 2.19. The predicted molar refractivity (Wildman–Crippen MR) is 107 cm³/mol. The summed E-state index contributed by atoms with van der Waals surface area (Å²) in [5.74, 6) is 0.850. The molecule has 0 bridgehead atoms. The maximum Gasteiger partial charge on any atom is 0.272 e. The van der Waals surface area contributed by atoms with Gasteiger partial charge < -0.3 is 15.3 Å². The summed E-state index contributed by atoms with van der Waals surface area (Å²) in [5.41, 5.74) is 7.22. The molecular weight excluding hydrogens is 388 g/mol. The summed E-state index contributed by atoms with van der Waals surface area (Å²) in [6.07, 6.45) is 1.42. The molecule has 0 spiro atoms. The van der Waals surface area contributed by atoms with Gasteiger partial charge in [-0.2, -0.15) is 15.6 Å². The molecule has 0 radical (unpaired) electrons. The number of allylic oxidation sites excluding steroid dienone is 1. The van der Waals surface area contributed by atoms with Crippen LogP contribution in [0, 0.1) is 39.7 Å². The molecule has 2 heterocycles. The zero-order valence-electron chi connectivity index (χ0n) is 15.9. The fourth-order valence-electron chi connectivity index (χ4n) is 2.93. The van der Waals surface area contributed by atoms with Gasteiger partial charge in [0, 0.05) is 23.3 Å². The maximum absolute atomic E-state index is 11.0. The molecule has 0 fully saturated rings. The van der Waals surface area contributed by atoms with E-state index in [1.165, 1.54) is 16.8 Å². The van der Waals surface area contributed by atoms with Gasteiger partial charge in [-0.1, -0.05) is 0 Å². The SMILES string of the molecule is Cc1cc(-c2ccc(/C=C(\C#N)c3nn(CCO)c(N)c3C#N)o2)ccc1[N+](=O)[O-]. The molecule has 0 aliphatic rings. The number of aliphatic hydroxyl groups excluding tert-OH is 1. The molecule has 30 heavy (non-hydrogen) atoms. The Labute approximate surface area is 170 Å². The Morgan fingerprint density at radius 1 is 1.40 bits per heavy atom. The first-order valence-electron chi connectivity index (χ1n) is 8.74. The van der Waals surface area contributed by atoms with Crippen molar-refractivity contribution in [3.8, 4) is 23.5 Å². The minimum Gasteiger partial charge on any atom is -0.457 e. The normalized spacial score (nSPS) is 11.1. The Hall–Kier alpha value is -4.41. The Balaban J connectivity index is 1.98. The molecule has 0 amide bonds. The lowest BCUT2D eigenvalue weighted by Crippen LogP contribution is -2.07. The van der Waals surface area contributed by atoms with Crippen molar-refractivity contribution in [3.05, 3.63) is 63.0 Å². The molecule has 0 aliphatic carbocycles. The zero-order chi connectivity index (χ0) is 21.8. The highest BCUT2D eigenvalue weighted by atomic mass is 16.6.